The van der Waals surface area contributed by atoms with Crippen LogP contribution in [0.5, 0.6) is 0 Å². The molecule has 0 saturated heterocycles. The first-order valence-electron chi connectivity index (χ1n) is 17.1. The molecule has 0 heterocycles. The number of amides is 1. The largest absolute Gasteiger partial charge is 0.370 e. The molecule has 47 heavy (non-hydrogen) atoms. The topological polar surface area (TPSA) is 92.5 Å². The van der Waals surface area contributed by atoms with Gasteiger partial charge in [0, 0.05) is 19.0 Å². The van der Waals surface area contributed by atoms with E-state index in [1.165, 1.54) is 61.8 Å². The van der Waals surface area contributed by atoms with Gasteiger partial charge in [0.05, 0.1) is 0 Å². The predicted octanol–water partition coefficient (Wildman–Crippen LogP) is 7.72. The van der Waals surface area contributed by atoms with Crippen LogP contribution in [0.2, 0.25) is 0 Å². The number of hydrogen-bond donors (Lipinski definition) is 2. The summed E-state index contributed by atoms with van der Waals surface area (Å²) in [5.74, 6) is -0.292. The van der Waals surface area contributed by atoms with Gasteiger partial charge in [-0.1, -0.05) is 113 Å². The molecular formula is C40H64N3O3P. The smallest absolute Gasteiger partial charge is 0.219 e. The van der Waals surface area contributed by atoms with Crippen LogP contribution in [0, 0.1) is 6.92 Å². The summed E-state index contributed by atoms with van der Waals surface area (Å²) in [6.45, 7) is 20.4. The minimum absolute atomic E-state index is 0.0121. The highest BCUT2D eigenvalue weighted by molar-refractivity contribution is 7.27. The molecule has 0 aliphatic heterocycles. The number of primary amides is 1. The van der Waals surface area contributed by atoms with E-state index in [0.717, 1.165) is 30.4 Å². The maximum atomic E-state index is 10.8. The number of benzene rings is 3. The van der Waals surface area contributed by atoms with Crippen molar-refractivity contribution in [3.8, 4) is 0 Å². The summed E-state index contributed by atoms with van der Waals surface area (Å²) < 4.78 is 0. The molecule has 0 saturated carbocycles. The Balaban J connectivity index is 0. The third-order valence-electron chi connectivity index (χ3n) is 7.72. The van der Waals surface area contributed by atoms with Gasteiger partial charge in [-0.3, -0.25) is 9.69 Å². The van der Waals surface area contributed by atoms with Crippen LogP contribution in [0.3, 0.4) is 0 Å². The fourth-order valence-corrected chi connectivity index (χ4v) is 5.21. The van der Waals surface area contributed by atoms with Crippen LogP contribution < -0.4 is 16.4 Å². The third kappa shape index (κ3) is 20.6. The van der Waals surface area contributed by atoms with Crippen molar-refractivity contribution in [2.45, 2.75) is 105 Å². The number of carbonyl (C=O) groups excluding carboxylic acids is 3. The van der Waals surface area contributed by atoms with E-state index in [2.05, 4.69) is 89.6 Å². The van der Waals surface area contributed by atoms with Gasteiger partial charge in [0.25, 0.3) is 0 Å². The van der Waals surface area contributed by atoms with E-state index in [1.807, 2.05) is 58.7 Å². The second-order valence-electron chi connectivity index (χ2n) is 11.1. The zero-order chi connectivity index (χ0) is 36.0. The Morgan fingerprint density at radius 1 is 0.872 bits per heavy atom. The van der Waals surface area contributed by atoms with E-state index in [4.69, 9.17) is 15.3 Å². The SMILES string of the molecule is C=O.C=O.CC.CCCCN(CC)Cc1ccc2c(c1)CCCC2.CCc1ccc(C)cc1.CN[C@H](CC(N)=O)c1ccc(P)cc1. The van der Waals surface area contributed by atoms with Crippen LogP contribution in [0.4, 0.5) is 0 Å². The van der Waals surface area contributed by atoms with Crippen LogP contribution in [0.25, 0.3) is 0 Å². The number of nitrogens with one attached hydrogen (secondary N) is 1. The Morgan fingerprint density at radius 2 is 1.43 bits per heavy atom. The number of rotatable bonds is 11. The molecule has 2 atom stereocenters. The number of nitrogens with two attached hydrogens (primary N) is 1. The number of aryl methyl sites for hydroxylation is 4. The van der Waals surface area contributed by atoms with Gasteiger partial charge < -0.3 is 20.6 Å². The molecule has 1 aliphatic carbocycles. The number of hydrogen-bond acceptors (Lipinski definition) is 5. The monoisotopic (exact) mass is 665 g/mol. The van der Waals surface area contributed by atoms with Crippen LogP contribution in [-0.4, -0.2) is 44.5 Å². The normalized spacial score (nSPS) is 11.5. The van der Waals surface area contributed by atoms with Gasteiger partial charge in [-0.05, 0) is 98.7 Å². The van der Waals surface area contributed by atoms with Gasteiger partial charge >= 0.3 is 0 Å². The summed E-state index contributed by atoms with van der Waals surface area (Å²) in [5, 5.41) is 4.19. The average molecular weight is 666 g/mol. The molecule has 1 amide bonds. The van der Waals surface area contributed by atoms with Crippen molar-refractivity contribution >= 4 is 34.0 Å². The van der Waals surface area contributed by atoms with Crippen LogP contribution in [-0.2, 0) is 40.2 Å². The molecule has 0 fully saturated rings. The number of nitrogens with zero attached hydrogens (tertiary/aromatic N) is 1. The van der Waals surface area contributed by atoms with Gasteiger partial charge in [0.2, 0.25) is 5.91 Å². The lowest BCUT2D eigenvalue weighted by atomic mass is 9.90. The van der Waals surface area contributed by atoms with E-state index in [-0.39, 0.29) is 11.9 Å². The quantitative estimate of drug-likeness (QED) is 0.205. The Hall–Kier alpha value is -3.18. The molecule has 6 nitrogen and oxygen atoms in total. The van der Waals surface area contributed by atoms with Gasteiger partial charge in [-0.2, -0.15) is 0 Å². The molecule has 0 radical (unpaired) electrons. The highest BCUT2D eigenvalue weighted by atomic mass is 31.0. The molecule has 4 rings (SSSR count). The minimum atomic E-state index is -0.292. The van der Waals surface area contributed by atoms with Gasteiger partial charge in [0.15, 0.2) is 0 Å². The Morgan fingerprint density at radius 3 is 1.91 bits per heavy atom. The molecule has 1 aliphatic rings. The molecule has 0 aromatic heterocycles. The van der Waals surface area contributed by atoms with E-state index in [1.54, 1.807) is 11.1 Å². The molecule has 3 aromatic carbocycles. The molecule has 7 heteroatoms. The van der Waals surface area contributed by atoms with Crippen molar-refractivity contribution in [2.24, 2.45) is 5.73 Å². The second-order valence-corrected chi connectivity index (χ2v) is 11.7. The van der Waals surface area contributed by atoms with Gasteiger partial charge in [-0.25, -0.2) is 0 Å². The molecule has 3 aromatic rings. The number of carbonyl (C=O) groups is 3. The molecular weight excluding hydrogens is 601 g/mol. The maximum absolute atomic E-state index is 10.8. The Bertz CT molecular complexity index is 1180. The first-order valence-corrected chi connectivity index (χ1v) is 17.6. The summed E-state index contributed by atoms with van der Waals surface area (Å²) in [4.78, 5) is 29.4. The molecule has 0 bridgehead atoms. The summed E-state index contributed by atoms with van der Waals surface area (Å²) in [6.07, 6.45) is 9.42. The fraction of sp³-hybridized carbons (Fsp3) is 0.475. The van der Waals surface area contributed by atoms with Crippen molar-refractivity contribution in [1.82, 2.24) is 10.2 Å². The summed E-state index contributed by atoms with van der Waals surface area (Å²) in [5.41, 5.74) is 13.7. The zero-order valence-corrected chi connectivity index (χ0v) is 31.6. The summed E-state index contributed by atoms with van der Waals surface area (Å²) >= 11 is 0. The van der Waals surface area contributed by atoms with Crippen LogP contribution in [0.15, 0.2) is 66.7 Å². The van der Waals surface area contributed by atoms with E-state index < -0.39 is 0 Å². The van der Waals surface area contributed by atoms with Gasteiger partial charge in [-0.15, -0.1) is 9.24 Å². The van der Waals surface area contributed by atoms with Crippen molar-refractivity contribution in [3.05, 3.63) is 100 Å². The summed E-state index contributed by atoms with van der Waals surface area (Å²) in [6, 6.07) is 23.8. The predicted molar refractivity (Wildman–Crippen MR) is 206 cm³/mol. The standard InChI is InChI=1S/C17H27N.C10H15N2OP.C9H12.C2H6.2CH2O/c1-3-5-12-18(4-2)14-15-10-11-16-8-6-7-9-17(16)13-15;1-12-9(6-10(11)13)7-2-4-8(14)5-3-7;1-3-9-6-4-8(2)5-7-9;3*1-2/h10-11,13H,3-9,12,14H2,1-2H3;2-5,9,12H,6,14H2,1H3,(H2,11,13);4-7H,3H2,1-2H3;1-2H3;2*1H2/t;9-;;;;/m.1..../s1. The molecule has 1 unspecified atom stereocenters. The number of unbranched alkanes of at least 4 members (excludes halogenated alkanes) is 1. The lowest BCUT2D eigenvalue weighted by Gasteiger charge is -2.22. The fourth-order valence-electron chi connectivity index (χ4n) is 5.01. The van der Waals surface area contributed by atoms with Crippen molar-refractivity contribution in [1.29, 1.82) is 0 Å². The lowest BCUT2D eigenvalue weighted by molar-refractivity contribution is -0.118. The molecule has 3 N–H and O–H groups in total. The van der Waals surface area contributed by atoms with Crippen LogP contribution >= 0.6 is 9.24 Å². The van der Waals surface area contributed by atoms with Crippen molar-refractivity contribution < 1.29 is 14.4 Å². The zero-order valence-electron chi connectivity index (χ0n) is 30.4. The second kappa shape index (κ2) is 30.2. The maximum Gasteiger partial charge on any atom is 0.219 e. The third-order valence-corrected chi connectivity index (χ3v) is 8.10. The Labute approximate surface area is 289 Å². The highest BCUT2D eigenvalue weighted by Gasteiger charge is 2.12. The number of fused-ring (bicyclic) bond motifs is 1. The van der Waals surface area contributed by atoms with E-state index in [9.17, 15) is 4.79 Å². The van der Waals surface area contributed by atoms with E-state index in [0.29, 0.717) is 6.42 Å². The van der Waals surface area contributed by atoms with Crippen molar-refractivity contribution in [3.63, 3.8) is 0 Å². The molecule has 0 spiro atoms. The van der Waals surface area contributed by atoms with Crippen LogP contribution in [0.1, 0.15) is 106 Å². The Kier molecular flexibility index (Phi) is 29.5. The first kappa shape index (κ1) is 45.9. The van der Waals surface area contributed by atoms with E-state index >= 15 is 0 Å². The first-order chi connectivity index (χ1) is 22.8. The van der Waals surface area contributed by atoms with Crippen molar-refractivity contribution in [2.75, 3.05) is 20.1 Å². The summed E-state index contributed by atoms with van der Waals surface area (Å²) in [7, 11) is 4.44. The highest BCUT2D eigenvalue weighted by Crippen LogP contribution is 2.23. The average Bonchev–Trinajstić information content (AvgIpc) is 3.12. The minimum Gasteiger partial charge on any atom is -0.370 e. The molecule has 262 valence electrons. The van der Waals surface area contributed by atoms with Gasteiger partial charge in [0.1, 0.15) is 13.6 Å². The lowest BCUT2D eigenvalue weighted by Crippen LogP contribution is -2.24.